The van der Waals surface area contributed by atoms with Crippen LogP contribution in [-0.4, -0.2) is 19.0 Å². The maximum atomic E-state index is 12.0. The van der Waals surface area contributed by atoms with E-state index in [1.807, 2.05) is 24.3 Å². The van der Waals surface area contributed by atoms with Gasteiger partial charge in [0, 0.05) is 29.7 Å². The molecule has 0 saturated carbocycles. The molecule has 0 amide bonds. The third kappa shape index (κ3) is 5.40. The molecule has 114 valence electrons. The Kier molecular flexibility index (Phi) is 6.65. The first kappa shape index (κ1) is 16.4. The second-order valence-corrected chi connectivity index (χ2v) is 6.70. The van der Waals surface area contributed by atoms with Gasteiger partial charge in [0.1, 0.15) is 0 Å². The van der Waals surface area contributed by atoms with E-state index < -0.39 is 0 Å². The van der Waals surface area contributed by atoms with E-state index >= 15 is 0 Å². The smallest absolute Gasteiger partial charge is 0.162 e. The van der Waals surface area contributed by atoms with Crippen LogP contribution in [0.25, 0.3) is 0 Å². The summed E-state index contributed by atoms with van der Waals surface area (Å²) in [6.07, 6.45) is 8.16. The van der Waals surface area contributed by atoms with Gasteiger partial charge >= 0.3 is 0 Å². The largest absolute Gasteiger partial charge is 0.381 e. The first-order valence-corrected chi connectivity index (χ1v) is 8.47. The quantitative estimate of drug-likeness (QED) is 0.391. The van der Waals surface area contributed by atoms with Crippen LogP contribution in [0.5, 0.6) is 0 Å². The van der Waals surface area contributed by atoms with Crippen molar-refractivity contribution in [2.24, 2.45) is 11.8 Å². The number of halogens is 1. The molecule has 0 N–H and O–H groups in total. The van der Waals surface area contributed by atoms with Crippen LogP contribution in [0.3, 0.4) is 0 Å². The van der Waals surface area contributed by atoms with Gasteiger partial charge in [-0.3, -0.25) is 4.79 Å². The average Bonchev–Trinajstić information content (AvgIpc) is 2.49. The molecule has 0 fully saturated rings. The molecule has 2 atom stereocenters. The van der Waals surface area contributed by atoms with Crippen molar-refractivity contribution < 1.29 is 9.53 Å². The fourth-order valence-electron chi connectivity index (χ4n) is 2.59. The third-order valence-corrected chi connectivity index (χ3v) is 4.64. The number of benzene rings is 1. The molecule has 2 nitrogen and oxygen atoms in total. The molecule has 1 aliphatic carbocycles. The number of Topliss-reactive ketones (excluding diaryl/α,β-unsaturated/α-hetero) is 1. The summed E-state index contributed by atoms with van der Waals surface area (Å²) in [7, 11) is 0. The Hall–Kier alpha value is -0.930. The van der Waals surface area contributed by atoms with Crippen molar-refractivity contribution in [1.29, 1.82) is 0 Å². The van der Waals surface area contributed by atoms with E-state index in [0.717, 1.165) is 35.9 Å². The first-order valence-electron chi connectivity index (χ1n) is 7.68. The van der Waals surface area contributed by atoms with E-state index in [1.54, 1.807) is 0 Å². The number of carbonyl (C=O) groups is 1. The van der Waals surface area contributed by atoms with Gasteiger partial charge in [0.05, 0.1) is 0 Å². The lowest BCUT2D eigenvalue weighted by Gasteiger charge is -2.24. The molecule has 1 aromatic carbocycles. The molecule has 0 spiro atoms. The SMILES string of the molecule is CC1CC=CCC1COCCCC(=O)c1ccc(Br)cc1. The molecule has 0 aliphatic heterocycles. The number of ether oxygens (including phenoxy) is 1. The van der Waals surface area contributed by atoms with E-state index in [4.69, 9.17) is 4.74 Å². The molecule has 0 bridgehead atoms. The minimum absolute atomic E-state index is 0.195. The number of allylic oxidation sites excluding steroid dienone is 2. The van der Waals surface area contributed by atoms with Gasteiger partial charge in [-0.05, 0) is 43.2 Å². The zero-order chi connectivity index (χ0) is 15.1. The topological polar surface area (TPSA) is 26.3 Å². The van der Waals surface area contributed by atoms with Gasteiger partial charge in [-0.25, -0.2) is 0 Å². The predicted octanol–water partition coefficient (Wildman–Crippen LogP) is 5.03. The van der Waals surface area contributed by atoms with Gasteiger partial charge in [-0.2, -0.15) is 0 Å². The molecule has 0 heterocycles. The van der Waals surface area contributed by atoms with Gasteiger partial charge in [0.2, 0.25) is 0 Å². The molecular weight excluding hydrogens is 328 g/mol. The highest BCUT2D eigenvalue weighted by molar-refractivity contribution is 9.10. The lowest BCUT2D eigenvalue weighted by molar-refractivity contribution is 0.0733. The molecule has 0 aromatic heterocycles. The second-order valence-electron chi connectivity index (χ2n) is 5.79. The van der Waals surface area contributed by atoms with Crippen LogP contribution in [0.1, 0.15) is 43.0 Å². The van der Waals surface area contributed by atoms with E-state index in [-0.39, 0.29) is 5.78 Å². The van der Waals surface area contributed by atoms with E-state index in [9.17, 15) is 4.79 Å². The number of rotatable bonds is 7. The number of hydrogen-bond donors (Lipinski definition) is 0. The van der Waals surface area contributed by atoms with Crippen LogP contribution in [-0.2, 0) is 4.74 Å². The second kappa shape index (κ2) is 8.50. The summed E-state index contributed by atoms with van der Waals surface area (Å²) in [5, 5.41) is 0. The summed E-state index contributed by atoms with van der Waals surface area (Å²) in [6.45, 7) is 3.78. The molecule has 2 rings (SSSR count). The third-order valence-electron chi connectivity index (χ3n) is 4.11. The minimum atomic E-state index is 0.195. The standard InChI is InChI=1S/C18H23BrO2/c1-14-5-2-3-6-16(14)13-21-12-4-7-18(20)15-8-10-17(19)11-9-15/h2-3,8-11,14,16H,4-7,12-13H2,1H3. The van der Waals surface area contributed by atoms with Crippen LogP contribution >= 0.6 is 15.9 Å². The number of carbonyl (C=O) groups excluding carboxylic acids is 1. The Morgan fingerprint density at radius 2 is 1.95 bits per heavy atom. The summed E-state index contributed by atoms with van der Waals surface area (Å²) in [4.78, 5) is 12.0. The Balaban J connectivity index is 1.62. The van der Waals surface area contributed by atoms with Crippen LogP contribution in [0, 0.1) is 11.8 Å². The lowest BCUT2D eigenvalue weighted by atomic mass is 9.85. The highest BCUT2D eigenvalue weighted by Crippen LogP contribution is 2.25. The van der Waals surface area contributed by atoms with Gasteiger partial charge in [0.15, 0.2) is 5.78 Å². The summed E-state index contributed by atoms with van der Waals surface area (Å²) < 4.78 is 6.75. The normalized spacial score (nSPS) is 21.4. The van der Waals surface area contributed by atoms with Gasteiger partial charge in [-0.15, -0.1) is 0 Å². The summed E-state index contributed by atoms with van der Waals surface area (Å²) >= 11 is 3.37. The van der Waals surface area contributed by atoms with Crippen molar-refractivity contribution >= 4 is 21.7 Å². The van der Waals surface area contributed by atoms with Crippen LogP contribution in [0.2, 0.25) is 0 Å². The van der Waals surface area contributed by atoms with Crippen molar-refractivity contribution in [3.05, 3.63) is 46.5 Å². The van der Waals surface area contributed by atoms with Crippen LogP contribution < -0.4 is 0 Å². The molecule has 2 unspecified atom stereocenters. The van der Waals surface area contributed by atoms with Crippen molar-refractivity contribution in [2.45, 2.75) is 32.6 Å². The fraction of sp³-hybridized carbons (Fsp3) is 0.500. The molecular formula is C18H23BrO2. The Bertz CT molecular complexity index is 478. The highest BCUT2D eigenvalue weighted by atomic mass is 79.9. The number of ketones is 1. The van der Waals surface area contributed by atoms with Crippen molar-refractivity contribution in [3.63, 3.8) is 0 Å². The van der Waals surface area contributed by atoms with E-state index in [1.165, 1.54) is 0 Å². The number of hydrogen-bond acceptors (Lipinski definition) is 2. The van der Waals surface area contributed by atoms with Crippen molar-refractivity contribution in [3.8, 4) is 0 Å². The maximum absolute atomic E-state index is 12.0. The average molecular weight is 351 g/mol. The maximum Gasteiger partial charge on any atom is 0.162 e. The van der Waals surface area contributed by atoms with Crippen molar-refractivity contribution in [2.75, 3.05) is 13.2 Å². The van der Waals surface area contributed by atoms with Gasteiger partial charge < -0.3 is 4.74 Å². The molecule has 1 aromatic rings. The Morgan fingerprint density at radius 3 is 2.67 bits per heavy atom. The summed E-state index contributed by atoms with van der Waals surface area (Å²) in [6, 6.07) is 7.54. The Labute approximate surface area is 135 Å². The van der Waals surface area contributed by atoms with Crippen LogP contribution in [0.4, 0.5) is 0 Å². The Morgan fingerprint density at radius 1 is 1.24 bits per heavy atom. The molecule has 3 heteroatoms. The highest BCUT2D eigenvalue weighted by Gasteiger charge is 2.18. The van der Waals surface area contributed by atoms with Crippen molar-refractivity contribution in [1.82, 2.24) is 0 Å². The molecule has 1 aliphatic rings. The molecule has 0 radical (unpaired) electrons. The first-order chi connectivity index (χ1) is 10.2. The predicted molar refractivity (Wildman–Crippen MR) is 89.6 cm³/mol. The zero-order valence-electron chi connectivity index (χ0n) is 12.6. The monoisotopic (exact) mass is 350 g/mol. The lowest BCUT2D eigenvalue weighted by Crippen LogP contribution is -2.20. The zero-order valence-corrected chi connectivity index (χ0v) is 14.1. The van der Waals surface area contributed by atoms with Gasteiger partial charge in [-0.1, -0.05) is 47.1 Å². The molecule has 0 saturated heterocycles. The minimum Gasteiger partial charge on any atom is -0.381 e. The summed E-state index contributed by atoms with van der Waals surface area (Å²) in [5.74, 6) is 1.54. The summed E-state index contributed by atoms with van der Waals surface area (Å²) in [5.41, 5.74) is 0.782. The van der Waals surface area contributed by atoms with Crippen LogP contribution in [0.15, 0.2) is 40.9 Å². The van der Waals surface area contributed by atoms with E-state index in [0.29, 0.717) is 24.9 Å². The molecule has 21 heavy (non-hydrogen) atoms. The van der Waals surface area contributed by atoms with E-state index in [2.05, 4.69) is 35.0 Å². The fourth-order valence-corrected chi connectivity index (χ4v) is 2.85. The van der Waals surface area contributed by atoms with Gasteiger partial charge in [0.25, 0.3) is 0 Å².